The summed E-state index contributed by atoms with van der Waals surface area (Å²) in [6, 6.07) is 5.31. The van der Waals surface area contributed by atoms with Crippen molar-refractivity contribution in [1.82, 2.24) is 5.32 Å². The van der Waals surface area contributed by atoms with Gasteiger partial charge in [0.1, 0.15) is 0 Å². The van der Waals surface area contributed by atoms with E-state index in [-0.39, 0.29) is 5.91 Å². The van der Waals surface area contributed by atoms with E-state index < -0.39 is 0 Å². The normalized spacial score (nSPS) is 19.3. The number of carbonyl (C=O) groups is 1. The molecule has 0 aliphatic carbocycles. The van der Waals surface area contributed by atoms with Crippen molar-refractivity contribution in [2.24, 2.45) is 5.92 Å². The van der Waals surface area contributed by atoms with Crippen LogP contribution in [0.5, 0.6) is 0 Å². The molecule has 1 atom stereocenters. The molecule has 2 rings (SSSR count). The molecule has 1 fully saturated rings. The van der Waals surface area contributed by atoms with Gasteiger partial charge in [-0.3, -0.25) is 4.79 Å². The number of carbonyl (C=O) groups excluding carboxylic acids is 1. The maximum absolute atomic E-state index is 12.0. The van der Waals surface area contributed by atoms with Gasteiger partial charge in [-0.1, -0.05) is 27.5 Å². The average Bonchev–Trinajstić information content (AvgIpc) is 2.82. The highest BCUT2D eigenvalue weighted by molar-refractivity contribution is 9.10. The van der Waals surface area contributed by atoms with E-state index in [2.05, 4.69) is 21.2 Å². The van der Waals surface area contributed by atoms with Crippen LogP contribution in [0.4, 0.5) is 0 Å². The molecule has 1 aromatic rings. The zero-order valence-corrected chi connectivity index (χ0v) is 12.4. The monoisotopic (exact) mass is 333 g/mol. The van der Waals surface area contributed by atoms with Crippen molar-refractivity contribution in [1.29, 1.82) is 0 Å². The number of hydrogen-bond donors (Lipinski definition) is 1. The molecule has 0 saturated carbocycles. The lowest BCUT2D eigenvalue weighted by Gasteiger charge is -2.11. The van der Waals surface area contributed by atoms with Crippen molar-refractivity contribution >= 4 is 45.2 Å². The fourth-order valence-electron chi connectivity index (χ4n) is 1.75. The first-order valence-corrected chi connectivity index (χ1v) is 7.80. The minimum Gasteiger partial charge on any atom is -0.352 e. The molecule has 1 saturated heterocycles. The molecule has 2 nitrogen and oxygen atoms in total. The zero-order chi connectivity index (χ0) is 12.3. The molecule has 1 amide bonds. The molecule has 0 bridgehead atoms. The van der Waals surface area contributed by atoms with Crippen LogP contribution in [0.25, 0.3) is 0 Å². The number of benzene rings is 1. The van der Waals surface area contributed by atoms with E-state index in [1.165, 1.54) is 12.2 Å². The summed E-state index contributed by atoms with van der Waals surface area (Å²) < 4.78 is 0.864. The molecule has 1 unspecified atom stereocenters. The predicted octanol–water partition coefficient (Wildman–Crippen LogP) is 3.59. The van der Waals surface area contributed by atoms with Gasteiger partial charge in [0.25, 0.3) is 5.91 Å². The number of hydrogen-bond acceptors (Lipinski definition) is 2. The number of nitrogens with one attached hydrogen (secondary N) is 1. The van der Waals surface area contributed by atoms with Crippen LogP contribution >= 0.6 is 39.3 Å². The highest BCUT2D eigenvalue weighted by Crippen LogP contribution is 2.23. The second-order valence-electron chi connectivity index (χ2n) is 4.06. The molecular weight excluding hydrogens is 322 g/mol. The van der Waals surface area contributed by atoms with Gasteiger partial charge in [-0.25, -0.2) is 0 Å². The summed E-state index contributed by atoms with van der Waals surface area (Å²) in [6.07, 6.45) is 1.19. The molecular formula is C12H13BrClNOS. The second-order valence-corrected chi connectivity index (χ2v) is 6.54. The van der Waals surface area contributed by atoms with E-state index in [0.29, 0.717) is 16.5 Å². The molecule has 1 heterocycles. The first-order valence-electron chi connectivity index (χ1n) is 5.48. The predicted molar refractivity (Wildman–Crippen MR) is 76.9 cm³/mol. The third kappa shape index (κ3) is 3.63. The number of thioether (sulfide) groups is 1. The lowest BCUT2D eigenvalue weighted by molar-refractivity contribution is 0.0948. The Hall–Kier alpha value is -0.190. The Morgan fingerprint density at radius 2 is 2.41 bits per heavy atom. The largest absolute Gasteiger partial charge is 0.352 e. The van der Waals surface area contributed by atoms with Crippen LogP contribution < -0.4 is 5.32 Å². The molecule has 0 radical (unpaired) electrons. The number of rotatable bonds is 3. The van der Waals surface area contributed by atoms with Crippen LogP contribution in [-0.4, -0.2) is 24.0 Å². The van der Waals surface area contributed by atoms with Gasteiger partial charge in [0.05, 0.1) is 10.6 Å². The molecule has 92 valence electrons. The summed E-state index contributed by atoms with van der Waals surface area (Å²) in [5, 5.41) is 3.44. The van der Waals surface area contributed by atoms with Crippen LogP contribution in [0.3, 0.4) is 0 Å². The summed E-state index contributed by atoms with van der Waals surface area (Å²) >= 11 is 11.3. The van der Waals surface area contributed by atoms with E-state index in [9.17, 15) is 4.79 Å². The van der Waals surface area contributed by atoms with E-state index in [1.807, 2.05) is 17.8 Å². The van der Waals surface area contributed by atoms with Crippen LogP contribution in [0.15, 0.2) is 22.7 Å². The highest BCUT2D eigenvalue weighted by Gasteiger charge is 2.17. The Labute approximate surface area is 119 Å². The zero-order valence-electron chi connectivity index (χ0n) is 9.21. The van der Waals surface area contributed by atoms with E-state index in [4.69, 9.17) is 11.6 Å². The topological polar surface area (TPSA) is 29.1 Å². The SMILES string of the molecule is O=C(NCC1CCSC1)c1cc(Br)ccc1Cl. The second kappa shape index (κ2) is 6.12. The van der Waals surface area contributed by atoms with Crippen LogP contribution in [0.2, 0.25) is 5.02 Å². The smallest absolute Gasteiger partial charge is 0.252 e. The van der Waals surface area contributed by atoms with Gasteiger partial charge in [0, 0.05) is 11.0 Å². The molecule has 17 heavy (non-hydrogen) atoms. The van der Waals surface area contributed by atoms with Gasteiger partial charge in [-0.2, -0.15) is 11.8 Å². The van der Waals surface area contributed by atoms with E-state index >= 15 is 0 Å². The summed E-state index contributed by atoms with van der Waals surface area (Å²) in [7, 11) is 0. The number of halogens is 2. The summed E-state index contributed by atoms with van der Waals surface area (Å²) in [5.41, 5.74) is 0.534. The summed E-state index contributed by atoms with van der Waals surface area (Å²) in [6.45, 7) is 0.745. The van der Waals surface area contributed by atoms with Crippen molar-refractivity contribution in [3.05, 3.63) is 33.3 Å². The van der Waals surface area contributed by atoms with Crippen LogP contribution in [0.1, 0.15) is 16.8 Å². The Bertz CT molecular complexity index is 421. The van der Waals surface area contributed by atoms with Gasteiger partial charge in [0.2, 0.25) is 0 Å². The standard InChI is InChI=1S/C12H13BrClNOS/c13-9-1-2-11(14)10(5-9)12(16)15-6-8-3-4-17-7-8/h1-2,5,8H,3-4,6-7H2,(H,15,16). The van der Waals surface area contributed by atoms with Crippen molar-refractivity contribution < 1.29 is 4.79 Å². The van der Waals surface area contributed by atoms with E-state index in [0.717, 1.165) is 16.8 Å². The number of amides is 1. The van der Waals surface area contributed by atoms with Gasteiger partial charge < -0.3 is 5.32 Å². The minimum atomic E-state index is -0.0896. The Kier molecular flexibility index (Phi) is 4.77. The average molecular weight is 335 g/mol. The molecule has 1 aliphatic heterocycles. The van der Waals surface area contributed by atoms with Crippen molar-refractivity contribution in [2.45, 2.75) is 6.42 Å². The molecule has 1 aromatic carbocycles. The van der Waals surface area contributed by atoms with Gasteiger partial charge in [-0.05, 0) is 42.0 Å². The molecule has 1 N–H and O–H groups in total. The molecule has 0 spiro atoms. The quantitative estimate of drug-likeness (QED) is 0.915. The van der Waals surface area contributed by atoms with Crippen molar-refractivity contribution in [3.63, 3.8) is 0 Å². The Balaban J connectivity index is 1.96. The van der Waals surface area contributed by atoms with Crippen molar-refractivity contribution in [2.75, 3.05) is 18.1 Å². The summed E-state index contributed by atoms with van der Waals surface area (Å²) in [4.78, 5) is 12.0. The lowest BCUT2D eigenvalue weighted by atomic mass is 10.1. The van der Waals surface area contributed by atoms with Gasteiger partial charge in [-0.15, -0.1) is 0 Å². The fourth-order valence-corrected chi connectivity index (χ4v) is 3.60. The Morgan fingerprint density at radius 1 is 1.59 bits per heavy atom. The first kappa shape index (κ1) is 13.2. The molecule has 5 heteroatoms. The van der Waals surface area contributed by atoms with Crippen LogP contribution in [0, 0.1) is 5.92 Å². The third-order valence-electron chi connectivity index (χ3n) is 2.75. The highest BCUT2D eigenvalue weighted by atomic mass is 79.9. The maximum Gasteiger partial charge on any atom is 0.252 e. The lowest BCUT2D eigenvalue weighted by Crippen LogP contribution is -2.29. The maximum atomic E-state index is 12.0. The fraction of sp³-hybridized carbons (Fsp3) is 0.417. The van der Waals surface area contributed by atoms with Gasteiger partial charge >= 0.3 is 0 Å². The molecule has 0 aromatic heterocycles. The van der Waals surface area contributed by atoms with Gasteiger partial charge in [0.15, 0.2) is 0 Å². The first-order chi connectivity index (χ1) is 8.16. The summed E-state index contributed by atoms with van der Waals surface area (Å²) in [5.74, 6) is 2.87. The van der Waals surface area contributed by atoms with Crippen molar-refractivity contribution in [3.8, 4) is 0 Å². The van der Waals surface area contributed by atoms with E-state index in [1.54, 1.807) is 12.1 Å². The Morgan fingerprint density at radius 3 is 3.12 bits per heavy atom. The minimum absolute atomic E-state index is 0.0896. The van der Waals surface area contributed by atoms with Crippen LogP contribution in [-0.2, 0) is 0 Å². The molecule has 1 aliphatic rings. The third-order valence-corrected chi connectivity index (χ3v) is 4.80.